The Kier molecular flexibility index (Phi) is 7.26. The van der Waals surface area contributed by atoms with Crippen LogP contribution in [0.5, 0.6) is 5.88 Å². The van der Waals surface area contributed by atoms with Crippen molar-refractivity contribution in [2.45, 2.75) is 59.9 Å². The first-order valence-corrected chi connectivity index (χ1v) is 11.9. The summed E-state index contributed by atoms with van der Waals surface area (Å²) in [5, 5.41) is 4.24. The van der Waals surface area contributed by atoms with Crippen LogP contribution in [0.15, 0.2) is 28.8 Å². The Hall–Kier alpha value is -2.74. The second kappa shape index (κ2) is 9.18. The first-order valence-electron chi connectivity index (χ1n) is 10.0. The number of ether oxygens (including phenoxy) is 1. The average molecular weight is 447 g/mol. The molecule has 1 aromatic heterocycles. The molecule has 31 heavy (non-hydrogen) atoms. The molecule has 0 spiro atoms. The van der Waals surface area contributed by atoms with E-state index in [4.69, 9.17) is 4.74 Å². The Bertz CT molecular complexity index is 1170. The summed E-state index contributed by atoms with van der Waals surface area (Å²) in [4.78, 5) is 25.3. The van der Waals surface area contributed by atoms with Gasteiger partial charge in [-0.05, 0) is 62.4 Å². The third kappa shape index (κ3) is 5.31. The molecule has 0 saturated carbocycles. The fourth-order valence-electron chi connectivity index (χ4n) is 3.35. The number of benzene rings is 1. The second-order valence-corrected chi connectivity index (χ2v) is 10.4. The summed E-state index contributed by atoms with van der Waals surface area (Å²) in [6.45, 7) is 13.1. The number of esters is 1. The van der Waals surface area contributed by atoms with E-state index in [1.165, 1.54) is 29.9 Å². The lowest BCUT2D eigenvalue weighted by atomic mass is 9.91. The van der Waals surface area contributed by atoms with E-state index in [9.17, 15) is 18.0 Å². The van der Waals surface area contributed by atoms with Gasteiger partial charge in [-0.25, -0.2) is 13.1 Å². The smallest absolute Gasteiger partial charge is 0.309 e. The van der Waals surface area contributed by atoms with Crippen molar-refractivity contribution in [2.24, 2.45) is 5.92 Å². The lowest BCUT2D eigenvalue weighted by Gasteiger charge is -2.17. The van der Waals surface area contributed by atoms with Crippen molar-refractivity contribution in [3.05, 3.63) is 46.2 Å². The SMILES string of the molecule is CC(=O)Oc1c(C(=O)c2ccc(S(C)(=O)=O)c(C(C)=C(C)C)c2C)cnn1CC(C)C. The van der Waals surface area contributed by atoms with Crippen molar-refractivity contribution in [1.82, 2.24) is 9.78 Å². The number of carbonyl (C=O) groups excluding carboxylic acids is 2. The number of hydrogen-bond acceptors (Lipinski definition) is 6. The first kappa shape index (κ1) is 24.5. The van der Waals surface area contributed by atoms with E-state index >= 15 is 0 Å². The van der Waals surface area contributed by atoms with Crippen LogP contribution in [0, 0.1) is 12.8 Å². The van der Waals surface area contributed by atoms with Gasteiger partial charge in [0.1, 0.15) is 5.56 Å². The van der Waals surface area contributed by atoms with E-state index in [1.54, 1.807) is 6.92 Å². The van der Waals surface area contributed by atoms with Crippen molar-refractivity contribution in [1.29, 1.82) is 0 Å². The zero-order chi connectivity index (χ0) is 23.7. The van der Waals surface area contributed by atoms with E-state index < -0.39 is 15.8 Å². The fourth-order valence-corrected chi connectivity index (χ4v) is 4.34. The number of ketones is 1. The highest BCUT2D eigenvalue weighted by Gasteiger charge is 2.26. The predicted molar refractivity (Wildman–Crippen MR) is 120 cm³/mol. The molecule has 0 aliphatic carbocycles. The molecule has 0 radical (unpaired) electrons. The molecule has 1 heterocycles. The lowest BCUT2D eigenvalue weighted by molar-refractivity contribution is -0.132. The van der Waals surface area contributed by atoms with Crippen molar-refractivity contribution >= 4 is 27.2 Å². The molecule has 0 aliphatic heterocycles. The maximum absolute atomic E-state index is 13.5. The first-order chi connectivity index (χ1) is 14.3. The number of sulfone groups is 1. The van der Waals surface area contributed by atoms with Crippen LogP contribution in [0.4, 0.5) is 0 Å². The quantitative estimate of drug-likeness (QED) is 0.467. The van der Waals surface area contributed by atoms with Gasteiger partial charge in [0, 0.05) is 25.3 Å². The van der Waals surface area contributed by atoms with E-state index in [0.29, 0.717) is 23.2 Å². The Morgan fingerprint density at radius 2 is 1.71 bits per heavy atom. The average Bonchev–Trinajstić information content (AvgIpc) is 3.00. The van der Waals surface area contributed by atoms with Crippen LogP contribution in [0.25, 0.3) is 5.57 Å². The molecule has 0 aliphatic rings. The van der Waals surface area contributed by atoms with Crippen LogP contribution in [0.3, 0.4) is 0 Å². The summed E-state index contributed by atoms with van der Waals surface area (Å²) in [7, 11) is -3.51. The van der Waals surface area contributed by atoms with Crippen molar-refractivity contribution in [3.63, 3.8) is 0 Å². The maximum atomic E-state index is 13.5. The molecular formula is C23H30N2O5S. The van der Waals surface area contributed by atoms with Gasteiger partial charge < -0.3 is 4.74 Å². The molecular weight excluding hydrogens is 416 g/mol. The number of carbonyl (C=O) groups is 2. The molecule has 0 N–H and O–H groups in total. The minimum Gasteiger partial charge on any atom is -0.407 e. The summed E-state index contributed by atoms with van der Waals surface area (Å²) < 4.78 is 31.6. The van der Waals surface area contributed by atoms with Gasteiger partial charge >= 0.3 is 5.97 Å². The fraction of sp³-hybridized carbons (Fsp3) is 0.435. The molecule has 8 heteroatoms. The van der Waals surface area contributed by atoms with Gasteiger partial charge in [0.15, 0.2) is 15.6 Å². The monoisotopic (exact) mass is 446 g/mol. The van der Waals surface area contributed by atoms with Crippen LogP contribution < -0.4 is 4.74 Å². The van der Waals surface area contributed by atoms with Gasteiger partial charge in [-0.2, -0.15) is 5.10 Å². The molecule has 2 aromatic rings. The molecule has 0 atom stereocenters. The number of allylic oxidation sites excluding steroid dienone is 2. The van der Waals surface area contributed by atoms with Crippen molar-refractivity contribution in [3.8, 4) is 5.88 Å². The van der Waals surface area contributed by atoms with Gasteiger partial charge in [0.05, 0.1) is 11.1 Å². The van der Waals surface area contributed by atoms with Gasteiger partial charge in [-0.1, -0.05) is 19.4 Å². The highest BCUT2D eigenvalue weighted by atomic mass is 32.2. The standard InChI is InChI=1S/C23H30N2O5S/c1-13(2)12-25-23(30-17(7)26)19(11-24-25)22(27)18-9-10-20(31(8,28)29)21(16(18)6)15(5)14(3)4/h9-11,13H,12H2,1-8H3. The highest BCUT2D eigenvalue weighted by molar-refractivity contribution is 7.90. The predicted octanol–water partition coefficient (Wildman–Crippen LogP) is 4.22. The van der Waals surface area contributed by atoms with Gasteiger partial charge in [-0.15, -0.1) is 0 Å². The summed E-state index contributed by atoms with van der Waals surface area (Å²) in [5.41, 5.74) is 3.31. The van der Waals surface area contributed by atoms with Crippen LogP contribution in [0.1, 0.15) is 68.6 Å². The zero-order valence-corrected chi connectivity index (χ0v) is 20.2. The maximum Gasteiger partial charge on any atom is 0.309 e. The minimum atomic E-state index is -3.51. The topological polar surface area (TPSA) is 95.3 Å². The normalized spacial score (nSPS) is 11.5. The van der Waals surface area contributed by atoms with Crippen LogP contribution in [-0.2, 0) is 21.2 Å². The Morgan fingerprint density at radius 3 is 2.19 bits per heavy atom. The van der Waals surface area contributed by atoms with E-state index in [0.717, 1.165) is 17.4 Å². The molecule has 168 valence electrons. The number of hydrogen-bond donors (Lipinski definition) is 0. The van der Waals surface area contributed by atoms with Crippen LogP contribution in [0.2, 0.25) is 0 Å². The van der Waals surface area contributed by atoms with Crippen molar-refractivity contribution < 1.29 is 22.7 Å². The van der Waals surface area contributed by atoms with E-state index in [2.05, 4.69) is 5.10 Å². The van der Waals surface area contributed by atoms with Crippen LogP contribution in [-0.4, -0.2) is 36.2 Å². The summed E-state index contributed by atoms with van der Waals surface area (Å²) >= 11 is 0. The van der Waals surface area contributed by atoms with Gasteiger partial charge in [0.2, 0.25) is 5.88 Å². The number of nitrogens with zero attached hydrogens (tertiary/aromatic N) is 2. The summed E-state index contributed by atoms with van der Waals surface area (Å²) in [5.74, 6) is -0.616. The van der Waals surface area contributed by atoms with E-state index in [1.807, 2.05) is 34.6 Å². The number of rotatable bonds is 7. The van der Waals surface area contributed by atoms with Gasteiger partial charge in [-0.3, -0.25) is 9.59 Å². The Labute approximate surface area is 184 Å². The highest BCUT2D eigenvalue weighted by Crippen LogP contribution is 2.33. The molecule has 0 saturated heterocycles. The van der Waals surface area contributed by atoms with Gasteiger partial charge in [0.25, 0.3) is 0 Å². The molecule has 7 nitrogen and oxygen atoms in total. The molecule has 2 rings (SSSR count). The third-order valence-corrected chi connectivity index (χ3v) is 6.15. The van der Waals surface area contributed by atoms with E-state index in [-0.39, 0.29) is 28.0 Å². The Balaban J connectivity index is 2.74. The third-order valence-electron chi connectivity index (χ3n) is 5.01. The van der Waals surface area contributed by atoms with Crippen molar-refractivity contribution in [2.75, 3.05) is 6.26 Å². The van der Waals surface area contributed by atoms with Crippen LogP contribution >= 0.6 is 0 Å². The second-order valence-electron chi connectivity index (χ2n) is 8.37. The molecule has 0 fully saturated rings. The molecule has 0 unspecified atom stereocenters. The summed E-state index contributed by atoms with van der Waals surface area (Å²) in [6, 6.07) is 2.97. The largest absolute Gasteiger partial charge is 0.407 e. The number of aromatic nitrogens is 2. The molecule has 0 amide bonds. The zero-order valence-electron chi connectivity index (χ0n) is 19.4. The molecule has 1 aromatic carbocycles. The summed E-state index contributed by atoms with van der Waals surface area (Å²) in [6.07, 6.45) is 2.54. The Morgan fingerprint density at radius 1 is 1.10 bits per heavy atom. The minimum absolute atomic E-state index is 0.0956. The molecule has 0 bridgehead atoms. The lowest BCUT2D eigenvalue weighted by Crippen LogP contribution is -2.15.